The van der Waals surface area contributed by atoms with Crippen LogP contribution >= 0.6 is 0 Å². The van der Waals surface area contributed by atoms with Gasteiger partial charge in [0.15, 0.2) is 0 Å². The standard InChI is InChI=1S/C14H21FN2O3/c1-4-10(8-18)17-14(19)16-9(2)13-11(15)6-5-7-12(13)20-3/h5-7,9-10,18H,4,8H2,1-3H3,(H2,16,17,19). The second-order valence-electron chi connectivity index (χ2n) is 4.48. The smallest absolute Gasteiger partial charge is 0.315 e. The molecule has 2 unspecified atom stereocenters. The topological polar surface area (TPSA) is 70.6 Å². The van der Waals surface area contributed by atoms with E-state index in [1.54, 1.807) is 19.1 Å². The van der Waals surface area contributed by atoms with E-state index in [0.29, 0.717) is 17.7 Å². The van der Waals surface area contributed by atoms with E-state index in [1.807, 2.05) is 6.92 Å². The number of benzene rings is 1. The normalized spacial score (nSPS) is 13.4. The van der Waals surface area contributed by atoms with Crippen LogP contribution in [0.2, 0.25) is 0 Å². The van der Waals surface area contributed by atoms with Crippen molar-refractivity contribution in [2.24, 2.45) is 0 Å². The van der Waals surface area contributed by atoms with Crippen molar-refractivity contribution in [3.63, 3.8) is 0 Å². The fourth-order valence-electron chi connectivity index (χ4n) is 1.89. The molecule has 0 radical (unpaired) electrons. The molecular formula is C14H21FN2O3. The maximum atomic E-state index is 13.8. The zero-order chi connectivity index (χ0) is 15.1. The van der Waals surface area contributed by atoms with Crippen LogP contribution in [0, 0.1) is 5.82 Å². The zero-order valence-electron chi connectivity index (χ0n) is 11.9. The van der Waals surface area contributed by atoms with Gasteiger partial charge in [-0.05, 0) is 25.5 Å². The molecule has 0 aliphatic carbocycles. The first kappa shape index (κ1) is 16.2. The highest BCUT2D eigenvalue weighted by molar-refractivity contribution is 5.74. The molecule has 20 heavy (non-hydrogen) atoms. The molecule has 1 aromatic rings. The quantitative estimate of drug-likeness (QED) is 0.748. The highest BCUT2D eigenvalue weighted by Gasteiger charge is 2.19. The SMILES string of the molecule is CCC(CO)NC(=O)NC(C)c1c(F)cccc1OC. The summed E-state index contributed by atoms with van der Waals surface area (Å²) in [6, 6.07) is 3.17. The summed E-state index contributed by atoms with van der Waals surface area (Å²) in [5, 5.41) is 14.3. The number of carbonyl (C=O) groups excluding carboxylic acids is 1. The lowest BCUT2D eigenvalue weighted by Gasteiger charge is -2.20. The van der Waals surface area contributed by atoms with E-state index in [-0.39, 0.29) is 12.6 Å². The van der Waals surface area contributed by atoms with Gasteiger partial charge in [-0.25, -0.2) is 9.18 Å². The number of carbonyl (C=O) groups is 1. The zero-order valence-corrected chi connectivity index (χ0v) is 11.9. The summed E-state index contributed by atoms with van der Waals surface area (Å²) in [6.07, 6.45) is 0.612. The van der Waals surface area contributed by atoms with E-state index < -0.39 is 17.9 Å². The van der Waals surface area contributed by atoms with E-state index >= 15 is 0 Å². The molecule has 112 valence electrons. The molecule has 1 aromatic carbocycles. The first-order valence-corrected chi connectivity index (χ1v) is 6.53. The second kappa shape index (κ2) is 7.69. The van der Waals surface area contributed by atoms with Gasteiger partial charge in [-0.1, -0.05) is 13.0 Å². The lowest BCUT2D eigenvalue weighted by molar-refractivity contribution is 0.212. The summed E-state index contributed by atoms with van der Waals surface area (Å²) in [4.78, 5) is 11.8. The van der Waals surface area contributed by atoms with E-state index in [4.69, 9.17) is 9.84 Å². The Morgan fingerprint density at radius 2 is 2.15 bits per heavy atom. The van der Waals surface area contributed by atoms with Crippen LogP contribution in [-0.4, -0.2) is 30.9 Å². The number of aliphatic hydroxyl groups is 1. The minimum atomic E-state index is -0.553. The molecule has 0 bridgehead atoms. The minimum Gasteiger partial charge on any atom is -0.496 e. The van der Waals surface area contributed by atoms with Crippen molar-refractivity contribution in [2.45, 2.75) is 32.4 Å². The largest absolute Gasteiger partial charge is 0.496 e. The van der Waals surface area contributed by atoms with Gasteiger partial charge in [-0.3, -0.25) is 0 Å². The molecular weight excluding hydrogens is 263 g/mol. The van der Waals surface area contributed by atoms with E-state index in [9.17, 15) is 9.18 Å². The highest BCUT2D eigenvalue weighted by atomic mass is 19.1. The van der Waals surface area contributed by atoms with Crippen LogP contribution in [0.25, 0.3) is 0 Å². The predicted molar refractivity (Wildman–Crippen MR) is 74.2 cm³/mol. The molecule has 0 aromatic heterocycles. The Balaban J connectivity index is 2.76. The maximum absolute atomic E-state index is 13.8. The number of hydrogen-bond donors (Lipinski definition) is 3. The summed E-state index contributed by atoms with van der Waals surface area (Å²) < 4.78 is 18.9. The molecule has 2 atom stereocenters. The first-order chi connectivity index (χ1) is 9.53. The summed E-state index contributed by atoms with van der Waals surface area (Å²) in [7, 11) is 1.45. The molecule has 0 saturated carbocycles. The number of ether oxygens (including phenoxy) is 1. The first-order valence-electron chi connectivity index (χ1n) is 6.53. The third-order valence-electron chi connectivity index (χ3n) is 3.06. The van der Waals surface area contributed by atoms with Gasteiger partial charge in [0.05, 0.1) is 31.4 Å². The van der Waals surface area contributed by atoms with Crippen molar-refractivity contribution in [3.05, 3.63) is 29.6 Å². The van der Waals surface area contributed by atoms with Crippen LogP contribution in [0.3, 0.4) is 0 Å². The number of rotatable bonds is 6. The van der Waals surface area contributed by atoms with Crippen molar-refractivity contribution in [1.82, 2.24) is 10.6 Å². The molecule has 0 spiro atoms. The average molecular weight is 284 g/mol. The van der Waals surface area contributed by atoms with E-state index in [0.717, 1.165) is 0 Å². The van der Waals surface area contributed by atoms with E-state index in [2.05, 4.69) is 10.6 Å². The third kappa shape index (κ3) is 4.09. The van der Waals surface area contributed by atoms with Gasteiger partial charge in [0.1, 0.15) is 11.6 Å². The molecule has 5 nitrogen and oxygen atoms in total. The molecule has 0 aliphatic rings. The Morgan fingerprint density at radius 1 is 1.45 bits per heavy atom. The van der Waals surface area contributed by atoms with Crippen LogP contribution in [0.4, 0.5) is 9.18 Å². The van der Waals surface area contributed by atoms with Crippen molar-refractivity contribution >= 4 is 6.03 Å². The number of halogens is 1. The Hall–Kier alpha value is -1.82. The number of amides is 2. The van der Waals surface area contributed by atoms with Crippen molar-refractivity contribution in [2.75, 3.05) is 13.7 Å². The Morgan fingerprint density at radius 3 is 2.70 bits per heavy atom. The molecule has 1 rings (SSSR count). The minimum absolute atomic E-state index is 0.138. The molecule has 2 amide bonds. The Labute approximate surface area is 118 Å². The third-order valence-corrected chi connectivity index (χ3v) is 3.06. The second-order valence-corrected chi connectivity index (χ2v) is 4.48. The Kier molecular flexibility index (Phi) is 6.24. The predicted octanol–water partition coefficient (Wildman–Crippen LogP) is 1.97. The summed E-state index contributed by atoms with van der Waals surface area (Å²) >= 11 is 0. The van der Waals surface area contributed by atoms with Crippen LogP contribution in [0.15, 0.2) is 18.2 Å². The number of nitrogens with one attached hydrogen (secondary N) is 2. The molecule has 0 saturated heterocycles. The van der Waals surface area contributed by atoms with Gasteiger partial charge in [0, 0.05) is 0 Å². The molecule has 0 fully saturated rings. The fourth-order valence-corrected chi connectivity index (χ4v) is 1.89. The fraction of sp³-hybridized carbons (Fsp3) is 0.500. The maximum Gasteiger partial charge on any atom is 0.315 e. The lowest BCUT2D eigenvalue weighted by Crippen LogP contribution is -2.44. The van der Waals surface area contributed by atoms with Crippen LogP contribution in [-0.2, 0) is 0 Å². The molecule has 0 heterocycles. The number of methoxy groups -OCH3 is 1. The molecule has 3 N–H and O–H groups in total. The van der Waals surface area contributed by atoms with Gasteiger partial charge in [-0.15, -0.1) is 0 Å². The summed E-state index contributed by atoms with van der Waals surface area (Å²) in [5.74, 6) is -0.0571. The summed E-state index contributed by atoms with van der Waals surface area (Å²) in [5.41, 5.74) is 0.294. The van der Waals surface area contributed by atoms with Crippen molar-refractivity contribution < 1.29 is 19.0 Å². The van der Waals surface area contributed by atoms with Gasteiger partial charge < -0.3 is 20.5 Å². The van der Waals surface area contributed by atoms with E-state index in [1.165, 1.54) is 13.2 Å². The Bertz CT molecular complexity index is 450. The van der Waals surface area contributed by atoms with Crippen molar-refractivity contribution in [3.8, 4) is 5.75 Å². The number of aliphatic hydroxyl groups excluding tert-OH is 1. The lowest BCUT2D eigenvalue weighted by atomic mass is 10.1. The van der Waals surface area contributed by atoms with Crippen molar-refractivity contribution in [1.29, 1.82) is 0 Å². The molecule has 0 aliphatic heterocycles. The van der Waals surface area contributed by atoms with Crippen LogP contribution in [0.1, 0.15) is 31.9 Å². The highest BCUT2D eigenvalue weighted by Crippen LogP contribution is 2.27. The monoisotopic (exact) mass is 284 g/mol. The van der Waals surface area contributed by atoms with Gasteiger partial charge in [0.2, 0.25) is 0 Å². The summed E-state index contributed by atoms with van der Waals surface area (Å²) in [6.45, 7) is 3.38. The van der Waals surface area contributed by atoms with Gasteiger partial charge >= 0.3 is 6.03 Å². The van der Waals surface area contributed by atoms with Gasteiger partial charge in [0.25, 0.3) is 0 Å². The van der Waals surface area contributed by atoms with Gasteiger partial charge in [-0.2, -0.15) is 0 Å². The van der Waals surface area contributed by atoms with Crippen LogP contribution < -0.4 is 15.4 Å². The number of urea groups is 1. The average Bonchev–Trinajstić information content (AvgIpc) is 2.43. The van der Waals surface area contributed by atoms with Crippen LogP contribution in [0.5, 0.6) is 5.75 Å². The number of hydrogen-bond acceptors (Lipinski definition) is 3. The molecule has 6 heteroatoms.